The average molecular weight is 405 g/mol. The highest BCUT2D eigenvalue weighted by molar-refractivity contribution is 7.26. The van der Waals surface area contributed by atoms with Gasteiger partial charge in [-0.25, -0.2) is 0 Å². The SMILES string of the molecule is O=[N+]([O-])c1ccccc1-c1cc2ccc3ccccc3c2c2c1sc1ccccc12. The molecule has 0 N–H and O–H groups in total. The number of benzene rings is 5. The zero-order valence-corrected chi connectivity index (χ0v) is 16.6. The van der Waals surface area contributed by atoms with E-state index < -0.39 is 0 Å². The molecule has 0 spiro atoms. The van der Waals surface area contributed by atoms with Crippen molar-refractivity contribution < 1.29 is 4.92 Å². The van der Waals surface area contributed by atoms with E-state index in [0.717, 1.165) is 15.6 Å². The number of thiophene rings is 1. The Bertz CT molecular complexity index is 1630. The second kappa shape index (κ2) is 6.37. The number of fused-ring (bicyclic) bond motifs is 7. The third-order valence-electron chi connectivity index (χ3n) is 5.74. The molecule has 0 atom stereocenters. The van der Waals surface area contributed by atoms with Crippen molar-refractivity contribution in [2.24, 2.45) is 0 Å². The molecular formula is C26H15NO2S. The standard InChI is InChI=1S/C26H15NO2S/c28-27(29)22-11-5-3-9-19(22)21-15-17-14-13-16-7-1-2-8-18(16)24(17)25-20-10-4-6-12-23(20)30-26(21)25/h1-15H. The van der Waals surface area contributed by atoms with Gasteiger partial charge in [0, 0.05) is 31.8 Å². The van der Waals surface area contributed by atoms with E-state index in [-0.39, 0.29) is 10.6 Å². The highest BCUT2D eigenvalue weighted by atomic mass is 32.1. The summed E-state index contributed by atoms with van der Waals surface area (Å²) in [4.78, 5) is 11.5. The normalized spacial score (nSPS) is 11.6. The quantitative estimate of drug-likeness (QED) is 0.167. The van der Waals surface area contributed by atoms with Crippen LogP contribution in [0.15, 0.2) is 91.0 Å². The highest BCUT2D eigenvalue weighted by Gasteiger charge is 2.21. The van der Waals surface area contributed by atoms with Crippen LogP contribution in [-0.2, 0) is 0 Å². The van der Waals surface area contributed by atoms with E-state index in [1.54, 1.807) is 23.5 Å². The molecular weight excluding hydrogens is 390 g/mol. The first-order chi connectivity index (χ1) is 14.7. The molecule has 4 heteroatoms. The van der Waals surface area contributed by atoms with Gasteiger partial charge in [0.2, 0.25) is 0 Å². The fourth-order valence-corrected chi connectivity index (χ4v) is 5.69. The molecule has 142 valence electrons. The van der Waals surface area contributed by atoms with Crippen molar-refractivity contribution in [2.75, 3.05) is 0 Å². The Morgan fingerprint density at radius 3 is 2.23 bits per heavy atom. The number of hydrogen-bond donors (Lipinski definition) is 0. The Kier molecular flexibility index (Phi) is 3.64. The summed E-state index contributed by atoms with van der Waals surface area (Å²) < 4.78 is 2.28. The zero-order valence-electron chi connectivity index (χ0n) is 15.8. The lowest BCUT2D eigenvalue weighted by Crippen LogP contribution is -1.92. The fraction of sp³-hybridized carbons (Fsp3) is 0. The van der Waals surface area contributed by atoms with E-state index in [9.17, 15) is 10.1 Å². The molecule has 30 heavy (non-hydrogen) atoms. The molecule has 6 aromatic rings. The predicted octanol–water partition coefficient (Wildman–Crippen LogP) is 7.94. The summed E-state index contributed by atoms with van der Waals surface area (Å²) in [6, 6.07) is 30.2. The van der Waals surface area contributed by atoms with E-state index in [2.05, 4.69) is 60.7 Å². The van der Waals surface area contributed by atoms with Crippen LogP contribution in [0.25, 0.3) is 52.8 Å². The first-order valence-electron chi connectivity index (χ1n) is 9.72. The van der Waals surface area contributed by atoms with Gasteiger partial charge in [-0.3, -0.25) is 10.1 Å². The summed E-state index contributed by atoms with van der Waals surface area (Å²) in [6.07, 6.45) is 0. The predicted molar refractivity (Wildman–Crippen MR) is 126 cm³/mol. The number of nitro groups is 1. The number of nitro benzene ring substituents is 1. The van der Waals surface area contributed by atoms with Crippen molar-refractivity contribution in [3.05, 3.63) is 101 Å². The molecule has 0 aliphatic rings. The van der Waals surface area contributed by atoms with E-state index in [0.29, 0.717) is 5.56 Å². The van der Waals surface area contributed by atoms with Crippen molar-refractivity contribution in [3.63, 3.8) is 0 Å². The molecule has 0 aliphatic heterocycles. The van der Waals surface area contributed by atoms with Crippen LogP contribution in [0.3, 0.4) is 0 Å². The Labute approximate surface area is 176 Å². The Morgan fingerprint density at radius 1 is 0.667 bits per heavy atom. The summed E-state index contributed by atoms with van der Waals surface area (Å²) >= 11 is 1.70. The summed E-state index contributed by atoms with van der Waals surface area (Å²) in [7, 11) is 0. The average Bonchev–Trinajstić information content (AvgIpc) is 3.18. The van der Waals surface area contributed by atoms with Crippen molar-refractivity contribution >= 4 is 58.7 Å². The van der Waals surface area contributed by atoms with Crippen molar-refractivity contribution in [2.45, 2.75) is 0 Å². The Morgan fingerprint density at radius 2 is 1.37 bits per heavy atom. The van der Waals surface area contributed by atoms with Gasteiger partial charge < -0.3 is 0 Å². The summed E-state index contributed by atoms with van der Waals surface area (Å²) in [5.41, 5.74) is 1.71. The number of para-hydroxylation sites is 1. The Balaban J connectivity index is 1.89. The van der Waals surface area contributed by atoms with Gasteiger partial charge in [0.1, 0.15) is 0 Å². The molecule has 6 rings (SSSR count). The van der Waals surface area contributed by atoms with Gasteiger partial charge in [0.25, 0.3) is 5.69 Å². The van der Waals surface area contributed by atoms with E-state index in [1.807, 2.05) is 18.2 Å². The van der Waals surface area contributed by atoms with Gasteiger partial charge in [0.05, 0.1) is 10.5 Å². The van der Waals surface area contributed by atoms with E-state index in [4.69, 9.17) is 0 Å². The maximum absolute atomic E-state index is 11.8. The fourth-order valence-electron chi connectivity index (χ4n) is 4.45. The van der Waals surface area contributed by atoms with Gasteiger partial charge in [-0.05, 0) is 39.7 Å². The van der Waals surface area contributed by atoms with Crippen LogP contribution in [0.2, 0.25) is 0 Å². The van der Waals surface area contributed by atoms with Crippen LogP contribution in [0.1, 0.15) is 0 Å². The number of rotatable bonds is 2. The lowest BCUT2D eigenvalue weighted by Gasteiger charge is -2.11. The van der Waals surface area contributed by atoms with Gasteiger partial charge in [-0.1, -0.05) is 66.7 Å². The molecule has 0 radical (unpaired) electrons. The minimum absolute atomic E-state index is 0.136. The minimum atomic E-state index is -0.293. The number of nitrogens with zero attached hydrogens (tertiary/aromatic N) is 1. The first kappa shape index (κ1) is 17.1. The van der Waals surface area contributed by atoms with E-state index in [1.165, 1.54) is 31.6 Å². The molecule has 5 aromatic carbocycles. The smallest absolute Gasteiger partial charge is 0.258 e. The monoisotopic (exact) mass is 405 g/mol. The van der Waals surface area contributed by atoms with Crippen LogP contribution in [-0.4, -0.2) is 4.92 Å². The van der Waals surface area contributed by atoms with Crippen LogP contribution in [0.5, 0.6) is 0 Å². The molecule has 0 fully saturated rings. The van der Waals surface area contributed by atoms with E-state index >= 15 is 0 Å². The van der Waals surface area contributed by atoms with Crippen LogP contribution in [0, 0.1) is 10.1 Å². The number of hydrogen-bond acceptors (Lipinski definition) is 3. The molecule has 0 unspecified atom stereocenters. The lowest BCUT2D eigenvalue weighted by atomic mass is 9.93. The topological polar surface area (TPSA) is 43.1 Å². The van der Waals surface area contributed by atoms with Crippen molar-refractivity contribution in [3.8, 4) is 11.1 Å². The molecule has 1 heterocycles. The lowest BCUT2D eigenvalue weighted by molar-refractivity contribution is -0.384. The van der Waals surface area contributed by atoms with Crippen molar-refractivity contribution in [1.29, 1.82) is 0 Å². The van der Waals surface area contributed by atoms with Crippen LogP contribution >= 0.6 is 11.3 Å². The molecule has 0 saturated carbocycles. The summed E-state index contributed by atoms with van der Waals surface area (Å²) in [6.45, 7) is 0. The van der Waals surface area contributed by atoms with Gasteiger partial charge >= 0.3 is 0 Å². The third-order valence-corrected chi connectivity index (χ3v) is 6.95. The summed E-state index contributed by atoms with van der Waals surface area (Å²) in [5.74, 6) is 0. The Hall–Kier alpha value is -3.76. The molecule has 0 aliphatic carbocycles. The molecule has 3 nitrogen and oxygen atoms in total. The molecule has 0 bridgehead atoms. The van der Waals surface area contributed by atoms with Crippen LogP contribution in [0.4, 0.5) is 5.69 Å². The van der Waals surface area contributed by atoms with Gasteiger partial charge in [0.15, 0.2) is 0 Å². The largest absolute Gasteiger partial charge is 0.277 e. The highest BCUT2D eigenvalue weighted by Crippen LogP contribution is 2.47. The van der Waals surface area contributed by atoms with Crippen molar-refractivity contribution in [1.82, 2.24) is 0 Å². The summed E-state index contributed by atoms with van der Waals surface area (Å²) in [5, 5.41) is 18.8. The third kappa shape index (κ3) is 2.38. The second-order valence-corrected chi connectivity index (χ2v) is 8.44. The first-order valence-corrected chi connectivity index (χ1v) is 10.5. The zero-order chi connectivity index (χ0) is 20.2. The van der Waals surface area contributed by atoms with Gasteiger partial charge in [-0.15, -0.1) is 11.3 Å². The molecule has 1 aromatic heterocycles. The minimum Gasteiger partial charge on any atom is -0.258 e. The maximum Gasteiger partial charge on any atom is 0.277 e. The van der Waals surface area contributed by atoms with Crippen LogP contribution < -0.4 is 0 Å². The molecule has 0 saturated heterocycles. The molecule has 0 amide bonds. The second-order valence-electron chi connectivity index (χ2n) is 7.39. The van der Waals surface area contributed by atoms with Gasteiger partial charge in [-0.2, -0.15) is 0 Å². The maximum atomic E-state index is 11.8.